The lowest BCUT2D eigenvalue weighted by Gasteiger charge is -2.30. The van der Waals surface area contributed by atoms with Gasteiger partial charge in [0.25, 0.3) is 0 Å². The Balaban J connectivity index is 1.94. The van der Waals surface area contributed by atoms with Crippen molar-refractivity contribution in [2.24, 2.45) is 0 Å². The number of para-hydroxylation sites is 1. The van der Waals surface area contributed by atoms with E-state index in [1.807, 2.05) is 12.1 Å². The van der Waals surface area contributed by atoms with Crippen LogP contribution >= 0.6 is 0 Å². The Morgan fingerprint density at radius 3 is 2.47 bits per heavy atom. The standard InChI is InChI=1S/C16H16O/c1-12-11-16(13-7-3-2-4-8-13)17-15-10-6-5-9-14(12)15/h2-10,12,16H,11H2,1H3. The summed E-state index contributed by atoms with van der Waals surface area (Å²) in [4.78, 5) is 0. The van der Waals surface area contributed by atoms with Crippen LogP contribution in [-0.4, -0.2) is 0 Å². The zero-order chi connectivity index (χ0) is 11.7. The van der Waals surface area contributed by atoms with Crippen molar-refractivity contribution in [3.05, 3.63) is 65.7 Å². The van der Waals surface area contributed by atoms with Crippen LogP contribution in [0.25, 0.3) is 0 Å². The van der Waals surface area contributed by atoms with Crippen molar-refractivity contribution >= 4 is 0 Å². The first kappa shape index (κ1) is 10.4. The minimum atomic E-state index is 0.195. The first-order valence-electron chi connectivity index (χ1n) is 6.15. The normalized spacial score (nSPS) is 22.6. The van der Waals surface area contributed by atoms with Gasteiger partial charge in [0.15, 0.2) is 0 Å². The highest BCUT2D eigenvalue weighted by atomic mass is 16.5. The summed E-state index contributed by atoms with van der Waals surface area (Å²) < 4.78 is 6.09. The predicted octanol–water partition coefficient (Wildman–Crippen LogP) is 4.31. The molecular formula is C16H16O. The lowest BCUT2D eigenvalue weighted by molar-refractivity contribution is 0.164. The van der Waals surface area contributed by atoms with E-state index >= 15 is 0 Å². The van der Waals surface area contributed by atoms with Gasteiger partial charge in [0, 0.05) is 0 Å². The Labute approximate surface area is 102 Å². The van der Waals surface area contributed by atoms with Crippen molar-refractivity contribution in [2.45, 2.75) is 25.4 Å². The molecule has 0 N–H and O–H groups in total. The van der Waals surface area contributed by atoms with Gasteiger partial charge in [-0.2, -0.15) is 0 Å². The van der Waals surface area contributed by atoms with Gasteiger partial charge in [-0.05, 0) is 29.5 Å². The summed E-state index contributed by atoms with van der Waals surface area (Å²) in [5.41, 5.74) is 2.61. The van der Waals surface area contributed by atoms with Gasteiger partial charge in [0.1, 0.15) is 11.9 Å². The molecule has 0 saturated heterocycles. The molecule has 2 aromatic carbocycles. The Morgan fingerprint density at radius 1 is 0.941 bits per heavy atom. The molecule has 0 bridgehead atoms. The van der Waals surface area contributed by atoms with E-state index in [1.54, 1.807) is 0 Å². The summed E-state index contributed by atoms with van der Waals surface area (Å²) in [5.74, 6) is 1.60. The van der Waals surface area contributed by atoms with Crippen molar-refractivity contribution in [3.63, 3.8) is 0 Å². The smallest absolute Gasteiger partial charge is 0.124 e. The van der Waals surface area contributed by atoms with Crippen LogP contribution in [-0.2, 0) is 0 Å². The fourth-order valence-electron chi connectivity index (χ4n) is 2.52. The molecule has 1 aliphatic rings. The molecule has 17 heavy (non-hydrogen) atoms. The number of fused-ring (bicyclic) bond motifs is 1. The molecule has 2 atom stereocenters. The molecule has 2 unspecified atom stereocenters. The number of ether oxygens (including phenoxy) is 1. The first-order valence-corrected chi connectivity index (χ1v) is 6.15. The summed E-state index contributed by atoms with van der Waals surface area (Å²) in [6.45, 7) is 2.28. The van der Waals surface area contributed by atoms with Gasteiger partial charge in [-0.1, -0.05) is 55.5 Å². The SMILES string of the molecule is CC1CC(c2ccccc2)Oc2ccccc21. The summed E-state index contributed by atoms with van der Waals surface area (Å²) in [7, 11) is 0. The van der Waals surface area contributed by atoms with Crippen LogP contribution in [0.3, 0.4) is 0 Å². The van der Waals surface area contributed by atoms with Gasteiger partial charge < -0.3 is 4.74 Å². The molecule has 3 rings (SSSR count). The van der Waals surface area contributed by atoms with Crippen molar-refractivity contribution in [1.29, 1.82) is 0 Å². The van der Waals surface area contributed by atoms with E-state index in [-0.39, 0.29) is 6.10 Å². The Morgan fingerprint density at radius 2 is 1.65 bits per heavy atom. The molecule has 0 spiro atoms. The molecule has 0 aromatic heterocycles. The fraction of sp³-hybridized carbons (Fsp3) is 0.250. The number of hydrogen-bond donors (Lipinski definition) is 0. The molecule has 2 aromatic rings. The molecule has 86 valence electrons. The van der Waals surface area contributed by atoms with E-state index in [2.05, 4.69) is 49.4 Å². The maximum atomic E-state index is 6.09. The molecular weight excluding hydrogens is 208 g/mol. The Kier molecular flexibility index (Phi) is 2.60. The quantitative estimate of drug-likeness (QED) is 0.701. The van der Waals surface area contributed by atoms with E-state index in [4.69, 9.17) is 4.74 Å². The van der Waals surface area contributed by atoms with Gasteiger partial charge in [0.2, 0.25) is 0 Å². The summed E-state index contributed by atoms with van der Waals surface area (Å²) in [6.07, 6.45) is 1.25. The highest BCUT2D eigenvalue weighted by molar-refractivity contribution is 5.39. The average Bonchev–Trinajstić information content (AvgIpc) is 2.40. The van der Waals surface area contributed by atoms with Crippen molar-refractivity contribution < 1.29 is 4.74 Å². The topological polar surface area (TPSA) is 9.23 Å². The molecule has 0 fully saturated rings. The molecule has 0 saturated carbocycles. The van der Waals surface area contributed by atoms with E-state index in [0.717, 1.165) is 12.2 Å². The van der Waals surface area contributed by atoms with Gasteiger partial charge in [0.05, 0.1) is 0 Å². The second kappa shape index (κ2) is 4.25. The third-order valence-electron chi connectivity index (χ3n) is 3.46. The Bertz CT molecular complexity index is 504. The van der Waals surface area contributed by atoms with Gasteiger partial charge in [-0.3, -0.25) is 0 Å². The molecule has 1 heterocycles. The summed E-state index contributed by atoms with van der Waals surface area (Å²) in [5, 5.41) is 0. The number of rotatable bonds is 1. The Hall–Kier alpha value is -1.76. The third kappa shape index (κ3) is 1.93. The highest BCUT2D eigenvalue weighted by Crippen LogP contribution is 2.41. The predicted molar refractivity (Wildman–Crippen MR) is 69.3 cm³/mol. The maximum absolute atomic E-state index is 6.09. The molecule has 1 aliphatic heterocycles. The highest BCUT2D eigenvalue weighted by Gasteiger charge is 2.25. The second-order valence-electron chi connectivity index (χ2n) is 4.69. The van der Waals surface area contributed by atoms with Gasteiger partial charge >= 0.3 is 0 Å². The zero-order valence-electron chi connectivity index (χ0n) is 9.97. The van der Waals surface area contributed by atoms with Crippen LogP contribution in [0.4, 0.5) is 0 Å². The van der Waals surface area contributed by atoms with E-state index in [9.17, 15) is 0 Å². The van der Waals surface area contributed by atoms with Crippen molar-refractivity contribution in [1.82, 2.24) is 0 Å². The van der Waals surface area contributed by atoms with E-state index in [1.165, 1.54) is 11.1 Å². The largest absolute Gasteiger partial charge is 0.485 e. The fourth-order valence-corrected chi connectivity index (χ4v) is 2.52. The van der Waals surface area contributed by atoms with Crippen LogP contribution in [0, 0.1) is 0 Å². The lowest BCUT2D eigenvalue weighted by atomic mass is 9.89. The molecule has 0 radical (unpaired) electrons. The second-order valence-corrected chi connectivity index (χ2v) is 4.69. The van der Waals surface area contributed by atoms with Crippen LogP contribution in [0.5, 0.6) is 5.75 Å². The summed E-state index contributed by atoms with van der Waals surface area (Å²) in [6, 6.07) is 18.8. The van der Waals surface area contributed by atoms with Crippen LogP contribution in [0.15, 0.2) is 54.6 Å². The van der Waals surface area contributed by atoms with Crippen molar-refractivity contribution in [2.75, 3.05) is 0 Å². The zero-order valence-corrected chi connectivity index (χ0v) is 9.97. The van der Waals surface area contributed by atoms with Gasteiger partial charge in [-0.15, -0.1) is 0 Å². The van der Waals surface area contributed by atoms with Crippen LogP contribution in [0.2, 0.25) is 0 Å². The first-order chi connectivity index (χ1) is 8.34. The lowest BCUT2D eigenvalue weighted by Crippen LogP contribution is -2.17. The third-order valence-corrected chi connectivity index (χ3v) is 3.46. The van der Waals surface area contributed by atoms with E-state index in [0.29, 0.717) is 5.92 Å². The average molecular weight is 224 g/mol. The van der Waals surface area contributed by atoms with Crippen molar-refractivity contribution in [3.8, 4) is 5.75 Å². The maximum Gasteiger partial charge on any atom is 0.124 e. The minimum Gasteiger partial charge on any atom is -0.485 e. The molecule has 0 aliphatic carbocycles. The monoisotopic (exact) mass is 224 g/mol. The summed E-state index contributed by atoms with van der Waals surface area (Å²) >= 11 is 0. The number of hydrogen-bond acceptors (Lipinski definition) is 1. The minimum absolute atomic E-state index is 0.195. The van der Waals surface area contributed by atoms with E-state index < -0.39 is 0 Å². The molecule has 0 amide bonds. The molecule has 1 nitrogen and oxygen atoms in total. The van der Waals surface area contributed by atoms with Gasteiger partial charge in [-0.25, -0.2) is 0 Å². The van der Waals surface area contributed by atoms with Crippen LogP contribution in [0.1, 0.15) is 36.5 Å². The number of benzene rings is 2. The molecule has 1 heteroatoms. The van der Waals surface area contributed by atoms with Crippen LogP contribution < -0.4 is 4.74 Å².